The normalized spacial score (nSPS) is 36.9. The van der Waals surface area contributed by atoms with E-state index in [9.17, 15) is 19.2 Å². The van der Waals surface area contributed by atoms with E-state index in [0.717, 1.165) is 61.7 Å². The van der Waals surface area contributed by atoms with Crippen LogP contribution in [0.5, 0.6) is 0 Å². The van der Waals surface area contributed by atoms with Crippen molar-refractivity contribution in [2.45, 2.75) is 71.8 Å². The summed E-state index contributed by atoms with van der Waals surface area (Å²) >= 11 is 0. The van der Waals surface area contributed by atoms with Gasteiger partial charge in [-0.2, -0.15) is 5.26 Å². The Morgan fingerprint density at radius 1 is 1.11 bits per heavy atom. The third-order valence-corrected chi connectivity index (χ3v) is 9.93. The van der Waals surface area contributed by atoms with E-state index in [4.69, 9.17) is 10.5 Å². The molecule has 0 saturated heterocycles. The van der Waals surface area contributed by atoms with Gasteiger partial charge < -0.3 is 10.5 Å². The number of nitriles is 1. The van der Waals surface area contributed by atoms with Gasteiger partial charge in [-0.3, -0.25) is 9.59 Å². The zero-order chi connectivity index (χ0) is 26.5. The second-order valence-electron chi connectivity index (χ2n) is 11.8. The molecule has 4 aliphatic carbocycles. The Morgan fingerprint density at radius 3 is 2.46 bits per heavy atom. The number of hydrogen-bond acceptors (Lipinski definition) is 4. The number of amides is 1. The Morgan fingerprint density at radius 2 is 1.81 bits per heavy atom. The molecule has 0 radical (unpaired) electrons. The highest BCUT2D eigenvalue weighted by Crippen LogP contribution is 2.67. The fourth-order valence-corrected chi connectivity index (χ4v) is 8.25. The maximum atomic E-state index is 13.5. The van der Waals surface area contributed by atoms with E-state index in [1.165, 1.54) is 24.6 Å². The van der Waals surface area contributed by atoms with Crippen molar-refractivity contribution >= 4 is 18.0 Å². The van der Waals surface area contributed by atoms with Crippen molar-refractivity contribution in [3.63, 3.8) is 0 Å². The SMILES string of the molecule is CC(=O)O[C@H]1CC[C@@]2(C)C(=CC[C@@H]3[C@@H]2CC[C@]2(C)C(=C(/C#N)C(N)=O)/C(=C/c4ccc(F)cc4)C[C@@H]32)C1. The molecule has 194 valence electrons. The number of fused-ring (bicyclic) bond motifs is 5. The Hall–Kier alpha value is -3.20. The smallest absolute Gasteiger partial charge is 0.302 e. The highest BCUT2D eigenvalue weighted by Gasteiger charge is 2.59. The standard InChI is InChI=1S/C31H35FN2O3/c1-18(35)37-23-10-12-30(2)21(16-23)6-9-24-26(30)11-13-31(3)27(24)15-20(28(31)25(17-33)29(34)36)14-19-4-7-22(32)8-5-19/h4-8,14,23-24,26-27H,9-13,15-16H2,1-3H3,(H2,34,36)/b20-14+,28-25-/t23-,24+,26-,27-,30-,31-/m0/s1. The number of primary amides is 1. The molecule has 0 heterocycles. The van der Waals surface area contributed by atoms with E-state index in [1.807, 2.05) is 6.08 Å². The average molecular weight is 503 g/mol. The molecule has 0 aliphatic heterocycles. The maximum absolute atomic E-state index is 13.5. The van der Waals surface area contributed by atoms with Crippen molar-refractivity contribution < 1.29 is 18.7 Å². The largest absolute Gasteiger partial charge is 0.462 e. The van der Waals surface area contributed by atoms with Crippen LogP contribution in [0.4, 0.5) is 4.39 Å². The fourth-order valence-electron chi connectivity index (χ4n) is 8.25. The summed E-state index contributed by atoms with van der Waals surface area (Å²) in [5, 5.41) is 9.97. The quantitative estimate of drug-likeness (QED) is 0.237. The van der Waals surface area contributed by atoms with Gasteiger partial charge in [-0.25, -0.2) is 4.39 Å². The number of esters is 1. The van der Waals surface area contributed by atoms with Gasteiger partial charge in [0.15, 0.2) is 0 Å². The maximum Gasteiger partial charge on any atom is 0.302 e. The first-order valence-electron chi connectivity index (χ1n) is 13.3. The lowest BCUT2D eigenvalue weighted by molar-refractivity contribution is -0.148. The summed E-state index contributed by atoms with van der Waals surface area (Å²) in [5.74, 6) is -0.0207. The van der Waals surface area contributed by atoms with E-state index >= 15 is 0 Å². The van der Waals surface area contributed by atoms with Gasteiger partial charge in [-0.05, 0) is 96.0 Å². The molecule has 0 unspecified atom stereocenters. The first kappa shape index (κ1) is 25.4. The van der Waals surface area contributed by atoms with E-state index in [-0.39, 0.29) is 40.2 Å². The van der Waals surface area contributed by atoms with Gasteiger partial charge in [-0.15, -0.1) is 0 Å². The van der Waals surface area contributed by atoms with Gasteiger partial charge >= 0.3 is 5.97 Å². The van der Waals surface area contributed by atoms with E-state index in [1.54, 1.807) is 12.1 Å². The molecule has 0 aromatic heterocycles. The molecule has 5 nitrogen and oxygen atoms in total. The molecule has 3 fully saturated rings. The van der Waals surface area contributed by atoms with Crippen molar-refractivity contribution in [3.05, 3.63) is 64.0 Å². The van der Waals surface area contributed by atoms with Crippen LogP contribution in [0.3, 0.4) is 0 Å². The van der Waals surface area contributed by atoms with Crippen LogP contribution in [0, 0.1) is 45.7 Å². The Labute approximate surface area is 218 Å². The molecule has 1 aromatic rings. The van der Waals surface area contributed by atoms with E-state index in [2.05, 4.69) is 26.0 Å². The van der Waals surface area contributed by atoms with Crippen molar-refractivity contribution in [2.24, 2.45) is 34.3 Å². The number of benzene rings is 1. The predicted octanol–water partition coefficient (Wildman–Crippen LogP) is 6.02. The number of allylic oxidation sites excluding steroid dienone is 3. The molecule has 3 saturated carbocycles. The highest BCUT2D eigenvalue weighted by molar-refractivity contribution is 5.98. The highest BCUT2D eigenvalue weighted by atomic mass is 19.1. The monoisotopic (exact) mass is 502 g/mol. The molecule has 6 heteroatoms. The third kappa shape index (κ3) is 4.23. The number of rotatable bonds is 3. The van der Waals surface area contributed by atoms with Crippen LogP contribution in [0.25, 0.3) is 6.08 Å². The first-order chi connectivity index (χ1) is 17.6. The van der Waals surface area contributed by atoms with Crippen LogP contribution in [-0.2, 0) is 14.3 Å². The van der Waals surface area contributed by atoms with Crippen LogP contribution in [-0.4, -0.2) is 18.0 Å². The zero-order valence-corrected chi connectivity index (χ0v) is 21.9. The summed E-state index contributed by atoms with van der Waals surface area (Å²) in [6, 6.07) is 8.42. The Balaban J connectivity index is 1.54. The summed E-state index contributed by atoms with van der Waals surface area (Å²) in [5.41, 5.74) is 9.53. The van der Waals surface area contributed by atoms with Crippen LogP contribution in [0.1, 0.15) is 71.3 Å². The minimum Gasteiger partial charge on any atom is -0.462 e. The predicted molar refractivity (Wildman–Crippen MR) is 139 cm³/mol. The summed E-state index contributed by atoms with van der Waals surface area (Å²) in [7, 11) is 0. The molecular weight excluding hydrogens is 467 g/mol. The topological polar surface area (TPSA) is 93.2 Å². The molecule has 4 aliphatic rings. The van der Waals surface area contributed by atoms with Crippen LogP contribution in [0.2, 0.25) is 0 Å². The molecule has 1 aromatic carbocycles. The Kier molecular flexibility index (Phi) is 6.38. The van der Waals surface area contributed by atoms with Gasteiger partial charge in [0.2, 0.25) is 0 Å². The van der Waals surface area contributed by atoms with E-state index < -0.39 is 5.91 Å². The summed E-state index contributed by atoms with van der Waals surface area (Å²) in [4.78, 5) is 24.0. The first-order valence-corrected chi connectivity index (χ1v) is 13.3. The number of carbonyl (C=O) groups is 2. The van der Waals surface area contributed by atoms with Gasteiger partial charge in [-0.1, -0.05) is 43.7 Å². The summed E-state index contributed by atoms with van der Waals surface area (Å²) < 4.78 is 19.1. The van der Waals surface area contributed by atoms with Gasteiger partial charge in [0.1, 0.15) is 23.6 Å². The molecule has 5 rings (SSSR count). The van der Waals surface area contributed by atoms with Crippen LogP contribution < -0.4 is 5.73 Å². The lowest BCUT2D eigenvalue weighted by Crippen LogP contribution is -2.50. The number of ether oxygens (including phenoxy) is 1. The lowest BCUT2D eigenvalue weighted by Gasteiger charge is -2.57. The fraction of sp³-hybridized carbons (Fsp3) is 0.516. The van der Waals surface area contributed by atoms with Crippen molar-refractivity contribution in [1.82, 2.24) is 0 Å². The van der Waals surface area contributed by atoms with Crippen LogP contribution >= 0.6 is 0 Å². The minimum atomic E-state index is -0.687. The second-order valence-corrected chi connectivity index (χ2v) is 11.8. The summed E-state index contributed by atoms with van der Waals surface area (Å²) in [6.45, 7) is 6.06. The number of hydrogen-bond donors (Lipinski definition) is 1. The van der Waals surface area contributed by atoms with Crippen molar-refractivity contribution in [3.8, 4) is 6.07 Å². The number of carbonyl (C=O) groups excluding carboxylic acids is 2. The number of halogens is 1. The Bertz CT molecular complexity index is 1270. The molecule has 0 spiro atoms. The van der Waals surface area contributed by atoms with Crippen molar-refractivity contribution in [2.75, 3.05) is 0 Å². The molecule has 1 amide bonds. The number of nitrogens with zero attached hydrogens (tertiary/aromatic N) is 1. The third-order valence-electron chi connectivity index (χ3n) is 9.93. The minimum absolute atomic E-state index is 0.0396. The summed E-state index contributed by atoms with van der Waals surface area (Å²) in [6.07, 6.45) is 10.6. The van der Waals surface area contributed by atoms with Crippen molar-refractivity contribution in [1.29, 1.82) is 5.26 Å². The van der Waals surface area contributed by atoms with Gasteiger partial charge in [0.25, 0.3) is 5.91 Å². The molecule has 2 N–H and O–H groups in total. The van der Waals surface area contributed by atoms with E-state index in [0.29, 0.717) is 11.8 Å². The molecule has 37 heavy (non-hydrogen) atoms. The molecule has 6 atom stereocenters. The number of nitrogens with two attached hydrogens (primary N) is 1. The zero-order valence-electron chi connectivity index (χ0n) is 21.9. The van der Waals surface area contributed by atoms with Gasteiger partial charge in [0, 0.05) is 13.3 Å². The lowest BCUT2D eigenvalue weighted by atomic mass is 9.47. The van der Waals surface area contributed by atoms with Crippen LogP contribution in [0.15, 0.2) is 52.6 Å². The second kappa shape index (κ2) is 9.28. The van der Waals surface area contributed by atoms with Gasteiger partial charge in [0.05, 0.1) is 0 Å². The molecular formula is C31H35FN2O3. The molecule has 0 bridgehead atoms. The average Bonchev–Trinajstić information content (AvgIpc) is 3.13.